The Bertz CT molecular complexity index is 423. The Morgan fingerprint density at radius 3 is 2.27 bits per heavy atom. The summed E-state index contributed by atoms with van der Waals surface area (Å²) in [5.74, 6) is 0. The highest BCUT2D eigenvalue weighted by Crippen LogP contribution is 2.35. The Morgan fingerprint density at radius 1 is 1.33 bits per heavy atom. The number of benzene rings is 1. The summed E-state index contributed by atoms with van der Waals surface area (Å²) in [5, 5.41) is 10.1. The van der Waals surface area contributed by atoms with Crippen LogP contribution < -0.4 is 0 Å². The van der Waals surface area contributed by atoms with Crippen LogP contribution in [-0.2, 0) is 0 Å². The lowest BCUT2D eigenvalue weighted by molar-refractivity contribution is 1.16. The second kappa shape index (κ2) is 5.42. The summed E-state index contributed by atoms with van der Waals surface area (Å²) in [6.45, 7) is 1.85. The van der Waals surface area contributed by atoms with Gasteiger partial charge in [0.1, 0.15) is 0 Å². The highest BCUT2D eigenvalue weighted by molar-refractivity contribution is 6.53. The molecule has 0 radical (unpaired) electrons. The molecular formula is C11H8Cl3N. The zero-order valence-corrected chi connectivity index (χ0v) is 10.3. The van der Waals surface area contributed by atoms with Gasteiger partial charge in [-0.2, -0.15) is 5.26 Å². The van der Waals surface area contributed by atoms with E-state index in [9.17, 15) is 0 Å². The second-order valence-corrected chi connectivity index (χ2v) is 4.05. The number of rotatable bonds is 2. The van der Waals surface area contributed by atoms with Gasteiger partial charge in [0.05, 0.1) is 21.1 Å². The normalized spacial score (nSPS) is 11.9. The standard InChI is InChI=1S/C11H8Cl3N/c1-2-7(6-15)11(14)10-8(12)4-3-5-9(10)13/h3-5H,2H2,1H3. The molecule has 78 valence electrons. The first-order valence-electron chi connectivity index (χ1n) is 4.35. The van der Waals surface area contributed by atoms with Gasteiger partial charge in [0.25, 0.3) is 0 Å². The maximum atomic E-state index is 8.86. The molecule has 0 saturated carbocycles. The van der Waals surface area contributed by atoms with E-state index in [1.165, 1.54) is 0 Å². The van der Waals surface area contributed by atoms with E-state index in [-0.39, 0.29) is 0 Å². The molecule has 4 heteroatoms. The van der Waals surface area contributed by atoms with Gasteiger partial charge < -0.3 is 0 Å². The van der Waals surface area contributed by atoms with E-state index in [0.29, 0.717) is 32.6 Å². The van der Waals surface area contributed by atoms with Gasteiger partial charge in [-0.1, -0.05) is 47.8 Å². The highest BCUT2D eigenvalue weighted by Gasteiger charge is 2.12. The van der Waals surface area contributed by atoms with E-state index in [2.05, 4.69) is 0 Å². The van der Waals surface area contributed by atoms with Gasteiger partial charge in [-0.25, -0.2) is 0 Å². The molecular weight excluding hydrogens is 252 g/mol. The molecule has 0 amide bonds. The smallest absolute Gasteiger partial charge is 0.0962 e. The molecule has 1 aromatic rings. The van der Waals surface area contributed by atoms with Crippen LogP contribution in [0, 0.1) is 11.3 Å². The minimum absolute atomic E-state index is 0.329. The maximum Gasteiger partial charge on any atom is 0.0962 e. The number of hydrogen-bond donors (Lipinski definition) is 0. The van der Waals surface area contributed by atoms with E-state index in [1.807, 2.05) is 13.0 Å². The monoisotopic (exact) mass is 259 g/mol. The largest absolute Gasteiger partial charge is 0.193 e. The molecule has 0 spiro atoms. The molecule has 0 bridgehead atoms. The summed E-state index contributed by atoms with van der Waals surface area (Å²) in [4.78, 5) is 0. The number of nitriles is 1. The van der Waals surface area contributed by atoms with E-state index < -0.39 is 0 Å². The quantitative estimate of drug-likeness (QED) is 0.696. The van der Waals surface area contributed by atoms with Gasteiger partial charge in [0.2, 0.25) is 0 Å². The van der Waals surface area contributed by atoms with Crippen molar-refractivity contribution >= 4 is 39.8 Å². The van der Waals surface area contributed by atoms with Gasteiger partial charge in [0.15, 0.2) is 0 Å². The lowest BCUT2D eigenvalue weighted by atomic mass is 10.1. The number of nitrogens with zero attached hydrogens (tertiary/aromatic N) is 1. The Balaban J connectivity index is 3.41. The highest BCUT2D eigenvalue weighted by atomic mass is 35.5. The SMILES string of the molecule is CCC(C#N)=C(Cl)c1c(Cl)cccc1Cl. The summed E-state index contributed by atoms with van der Waals surface area (Å²) in [7, 11) is 0. The van der Waals surface area contributed by atoms with Crippen molar-refractivity contribution in [2.45, 2.75) is 13.3 Å². The van der Waals surface area contributed by atoms with Gasteiger partial charge >= 0.3 is 0 Å². The first kappa shape index (κ1) is 12.4. The summed E-state index contributed by atoms with van der Waals surface area (Å²) >= 11 is 18.0. The fraction of sp³-hybridized carbons (Fsp3) is 0.182. The Labute approximate surface area is 104 Å². The fourth-order valence-corrected chi connectivity index (χ4v) is 2.20. The molecule has 0 heterocycles. The molecule has 0 N–H and O–H groups in total. The third kappa shape index (κ3) is 2.66. The van der Waals surface area contributed by atoms with E-state index >= 15 is 0 Å². The van der Waals surface area contributed by atoms with Gasteiger partial charge in [-0.15, -0.1) is 0 Å². The first-order valence-corrected chi connectivity index (χ1v) is 5.48. The molecule has 0 atom stereocenters. The number of halogens is 3. The van der Waals surface area contributed by atoms with Crippen LogP contribution in [0.1, 0.15) is 18.9 Å². The molecule has 0 unspecified atom stereocenters. The van der Waals surface area contributed by atoms with Crippen molar-refractivity contribution in [1.82, 2.24) is 0 Å². The van der Waals surface area contributed by atoms with Crippen molar-refractivity contribution in [3.8, 4) is 6.07 Å². The predicted molar refractivity (Wildman–Crippen MR) is 65.1 cm³/mol. The summed E-state index contributed by atoms with van der Waals surface area (Å²) < 4.78 is 0. The zero-order chi connectivity index (χ0) is 11.4. The molecule has 15 heavy (non-hydrogen) atoms. The molecule has 0 aliphatic heterocycles. The number of hydrogen-bond acceptors (Lipinski definition) is 1. The summed E-state index contributed by atoms with van der Waals surface area (Å²) in [6, 6.07) is 7.15. The lowest BCUT2D eigenvalue weighted by Gasteiger charge is -2.06. The van der Waals surface area contributed by atoms with Crippen molar-refractivity contribution in [2.75, 3.05) is 0 Å². The molecule has 1 rings (SSSR count). The van der Waals surface area contributed by atoms with Crippen LogP contribution in [0.25, 0.3) is 5.03 Å². The molecule has 0 aromatic heterocycles. The molecule has 1 nitrogen and oxygen atoms in total. The van der Waals surface area contributed by atoms with Crippen molar-refractivity contribution in [3.63, 3.8) is 0 Å². The minimum Gasteiger partial charge on any atom is -0.193 e. The van der Waals surface area contributed by atoms with E-state index in [1.54, 1.807) is 18.2 Å². The minimum atomic E-state index is 0.329. The van der Waals surface area contributed by atoms with Gasteiger partial charge in [-0.3, -0.25) is 0 Å². The van der Waals surface area contributed by atoms with Crippen molar-refractivity contribution in [2.24, 2.45) is 0 Å². The topological polar surface area (TPSA) is 23.8 Å². The zero-order valence-electron chi connectivity index (χ0n) is 8.02. The van der Waals surface area contributed by atoms with Crippen LogP contribution in [-0.4, -0.2) is 0 Å². The molecule has 1 aromatic carbocycles. The predicted octanol–water partition coefficient (Wildman–Crippen LogP) is 4.88. The third-order valence-corrected chi connectivity index (χ3v) is 2.98. The van der Waals surface area contributed by atoms with Crippen LogP contribution in [0.4, 0.5) is 0 Å². The van der Waals surface area contributed by atoms with Crippen LogP contribution in [0.15, 0.2) is 23.8 Å². The van der Waals surface area contributed by atoms with E-state index in [4.69, 9.17) is 40.1 Å². The molecule has 0 aliphatic carbocycles. The lowest BCUT2D eigenvalue weighted by Crippen LogP contribution is -1.86. The summed E-state index contributed by atoms with van der Waals surface area (Å²) in [6.07, 6.45) is 0.552. The molecule has 0 aliphatic rings. The van der Waals surface area contributed by atoms with Gasteiger partial charge in [-0.05, 0) is 18.6 Å². The Hall–Kier alpha value is -0.680. The molecule has 0 saturated heterocycles. The average Bonchev–Trinajstić information content (AvgIpc) is 2.19. The van der Waals surface area contributed by atoms with Crippen LogP contribution in [0.5, 0.6) is 0 Å². The van der Waals surface area contributed by atoms with Crippen LogP contribution in [0.3, 0.4) is 0 Å². The first-order chi connectivity index (χ1) is 7.11. The second-order valence-electron chi connectivity index (χ2n) is 2.85. The van der Waals surface area contributed by atoms with Crippen molar-refractivity contribution in [3.05, 3.63) is 39.4 Å². The average molecular weight is 261 g/mol. The summed E-state index contributed by atoms with van der Waals surface area (Å²) in [5.41, 5.74) is 1.01. The maximum absolute atomic E-state index is 8.86. The van der Waals surface area contributed by atoms with Crippen molar-refractivity contribution < 1.29 is 0 Å². The van der Waals surface area contributed by atoms with Crippen LogP contribution >= 0.6 is 34.8 Å². The van der Waals surface area contributed by atoms with Crippen LogP contribution in [0.2, 0.25) is 10.0 Å². The third-order valence-electron chi connectivity index (χ3n) is 1.94. The molecule has 0 fully saturated rings. The fourth-order valence-electron chi connectivity index (χ4n) is 1.14. The van der Waals surface area contributed by atoms with Gasteiger partial charge in [0, 0.05) is 11.1 Å². The number of allylic oxidation sites excluding steroid dienone is 1. The Kier molecular flexibility index (Phi) is 4.47. The Morgan fingerprint density at radius 2 is 1.87 bits per heavy atom. The van der Waals surface area contributed by atoms with Crippen molar-refractivity contribution in [1.29, 1.82) is 5.26 Å². The van der Waals surface area contributed by atoms with E-state index in [0.717, 1.165) is 0 Å².